The van der Waals surface area contributed by atoms with Crippen LogP contribution >= 0.6 is 15.9 Å². The number of aldehydes is 1. The summed E-state index contributed by atoms with van der Waals surface area (Å²) in [6.45, 7) is 5.09. The summed E-state index contributed by atoms with van der Waals surface area (Å²) >= 11 is 3.38. The quantitative estimate of drug-likeness (QED) is 0.803. The molecule has 1 aliphatic heterocycles. The Morgan fingerprint density at radius 2 is 2.09 bits per heavy atom. The molecule has 1 N–H and O–H groups in total. The topological polar surface area (TPSA) is 32.3 Å². The van der Waals surface area contributed by atoms with E-state index in [4.69, 9.17) is 0 Å². The van der Waals surface area contributed by atoms with E-state index in [0.717, 1.165) is 19.4 Å². The molecule has 1 saturated heterocycles. The van der Waals surface area contributed by atoms with Crippen molar-refractivity contribution in [2.75, 3.05) is 11.4 Å². The fourth-order valence-corrected chi connectivity index (χ4v) is 4.29. The Bertz CT molecular complexity index is 590. The van der Waals surface area contributed by atoms with Crippen LogP contribution in [0.5, 0.6) is 0 Å². The Morgan fingerprint density at radius 1 is 1.36 bits per heavy atom. The maximum atomic E-state index is 14.6. The Hall–Kier alpha value is -0.940. The summed E-state index contributed by atoms with van der Waals surface area (Å²) in [5.74, 6) is -0.313. The van der Waals surface area contributed by atoms with Crippen molar-refractivity contribution < 1.29 is 9.18 Å². The van der Waals surface area contributed by atoms with Gasteiger partial charge in [0.05, 0.1) is 5.69 Å². The number of rotatable bonds is 2. The zero-order chi connectivity index (χ0) is 15.9. The third-order valence-electron chi connectivity index (χ3n) is 4.77. The molecule has 2 aliphatic rings. The normalized spacial score (nSPS) is 27.4. The van der Waals surface area contributed by atoms with Crippen LogP contribution in [0, 0.1) is 5.82 Å². The lowest BCUT2D eigenvalue weighted by Crippen LogP contribution is -2.67. The maximum absolute atomic E-state index is 14.6. The summed E-state index contributed by atoms with van der Waals surface area (Å²) in [7, 11) is 0. The molecule has 1 aliphatic carbocycles. The first kappa shape index (κ1) is 15.9. The number of carbonyl (C=O) groups excluding carboxylic acids is 1. The van der Waals surface area contributed by atoms with Gasteiger partial charge in [-0.15, -0.1) is 0 Å². The summed E-state index contributed by atoms with van der Waals surface area (Å²) in [6.07, 6.45) is 5.32. The van der Waals surface area contributed by atoms with Gasteiger partial charge in [-0.3, -0.25) is 4.79 Å². The van der Waals surface area contributed by atoms with Crippen molar-refractivity contribution in [1.82, 2.24) is 5.32 Å². The highest BCUT2D eigenvalue weighted by molar-refractivity contribution is 9.10. The number of nitrogens with zero attached hydrogens (tertiary/aromatic N) is 1. The molecule has 3 nitrogen and oxygen atoms in total. The first-order valence-corrected chi connectivity index (χ1v) is 8.69. The van der Waals surface area contributed by atoms with Crippen molar-refractivity contribution in [3.63, 3.8) is 0 Å². The standard InChI is InChI=1S/C17H22BrFN2O/c1-17(2)10-21(15-6-4-3-5-14(15)20-17)16-8-12(18)11(9-22)7-13(16)19/h7-9,14-15,20H,3-6,10H2,1-2H3/t14-,15+/m1/s1. The van der Waals surface area contributed by atoms with Gasteiger partial charge >= 0.3 is 0 Å². The van der Waals surface area contributed by atoms with Crippen LogP contribution in [0.1, 0.15) is 49.9 Å². The third-order valence-corrected chi connectivity index (χ3v) is 5.46. The number of benzene rings is 1. The Balaban J connectivity index is 2.00. The van der Waals surface area contributed by atoms with Crippen LogP contribution in [0.15, 0.2) is 16.6 Å². The molecular weight excluding hydrogens is 347 g/mol. The van der Waals surface area contributed by atoms with Crippen LogP contribution in [0.3, 0.4) is 0 Å². The monoisotopic (exact) mass is 368 g/mol. The highest BCUT2D eigenvalue weighted by Gasteiger charge is 2.41. The number of hydrogen-bond acceptors (Lipinski definition) is 3. The summed E-state index contributed by atoms with van der Waals surface area (Å²) in [4.78, 5) is 13.2. The van der Waals surface area contributed by atoms with Gasteiger partial charge in [0.25, 0.3) is 0 Å². The highest BCUT2D eigenvalue weighted by atomic mass is 79.9. The van der Waals surface area contributed by atoms with E-state index < -0.39 is 0 Å². The second kappa shape index (κ2) is 5.93. The Kier molecular flexibility index (Phi) is 4.29. The molecule has 0 radical (unpaired) electrons. The minimum Gasteiger partial charge on any atom is -0.363 e. The molecule has 2 atom stereocenters. The zero-order valence-corrected chi connectivity index (χ0v) is 14.6. The van der Waals surface area contributed by atoms with Crippen molar-refractivity contribution in [3.05, 3.63) is 28.0 Å². The summed E-state index contributed by atoms with van der Waals surface area (Å²) < 4.78 is 15.2. The molecular formula is C17H22BrFN2O. The number of anilines is 1. The molecule has 0 aromatic heterocycles. The van der Waals surface area contributed by atoms with E-state index in [0.29, 0.717) is 34.1 Å². The average molecular weight is 369 g/mol. The van der Waals surface area contributed by atoms with Gasteiger partial charge < -0.3 is 10.2 Å². The van der Waals surface area contributed by atoms with Crippen LogP contribution in [0.4, 0.5) is 10.1 Å². The number of piperazine rings is 1. The van der Waals surface area contributed by atoms with E-state index >= 15 is 0 Å². The lowest BCUT2D eigenvalue weighted by atomic mass is 9.83. The van der Waals surface area contributed by atoms with Crippen molar-refractivity contribution in [2.45, 2.75) is 57.2 Å². The number of halogens is 2. The van der Waals surface area contributed by atoms with E-state index in [9.17, 15) is 9.18 Å². The highest BCUT2D eigenvalue weighted by Crippen LogP contribution is 2.36. The van der Waals surface area contributed by atoms with Gasteiger partial charge in [0.15, 0.2) is 6.29 Å². The maximum Gasteiger partial charge on any atom is 0.151 e. The van der Waals surface area contributed by atoms with Crippen LogP contribution in [-0.2, 0) is 0 Å². The predicted octanol–water partition coefficient (Wildman–Crippen LogP) is 3.90. The van der Waals surface area contributed by atoms with Crippen molar-refractivity contribution in [3.8, 4) is 0 Å². The van der Waals surface area contributed by atoms with Gasteiger partial charge in [-0.05, 0) is 54.8 Å². The van der Waals surface area contributed by atoms with Gasteiger partial charge in [0, 0.05) is 34.2 Å². The summed E-state index contributed by atoms with van der Waals surface area (Å²) in [6, 6.07) is 3.82. The van der Waals surface area contributed by atoms with E-state index in [2.05, 4.69) is 40.0 Å². The van der Waals surface area contributed by atoms with Crippen LogP contribution in [0.2, 0.25) is 0 Å². The van der Waals surface area contributed by atoms with Gasteiger partial charge in [-0.25, -0.2) is 4.39 Å². The van der Waals surface area contributed by atoms with Crippen LogP contribution < -0.4 is 10.2 Å². The smallest absolute Gasteiger partial charge is 0.151 e. The lowest BCUT2D eigenvalue weighted by molar-refractivity contribution is 0.112. The lowest BCUT2D eigenvalue weighted by Gasteiger charge is -2.52. The van der Waals surface area contributed by atoms with Gasteiger partial charge in [0.1, 0.15) is 5.82 Å². The first-order chi connectivity index (χ1) is 10.4. The second-order valence-corrected chi connectivity index (χ2v) is 7.91. The van der Waals surface area contributed by atoms with E-state index in [1.54, 1.807) is 6.07 Å². The molecule has 0 amide bonds. The van der Waals surface area contributed by atoms with E-state index in [1.165, 1.54) is 18.9 Å². The molecule has 1 aromatic rings. The Labute approximate surface area is 139 Å². The van der Waals surface area contributed by atoms with Crippen molar-refractivity contribution >= 4 is 27.9 Å². The molecule has 1 heterocycles. The molecule has 0 spiro atoms. The minimum atomic E-state index is -0.313. The molecule has 1 aromatic carbocycles. The molecule has 2 fully saturated rings. The molecule has 0 bridgehead atoms. The predicted molar refractivity (Wildman–Crippen MR) is 90.1 cm³/mol. The third kappa shape index (κ3) is 2.93. The van der Waals surface area contributed by atoms with Gasteiger partial charge in [-0.2, -0.15) is 0 Å². The van der Waals surface area contributed by atoms with Crippen molar-refractivity contribution in [2.24, 2.45) is 0 Å². The molecule has 1 saturated carbocycles. The van der Waals surface area contributed by atoms with Gasteiger partial charge in [-0.1, -0.05) is 12.8 Å². The molecule has 22 heavy (non-hydrogen) atoms. The zero-order valence-electron chi connectivity index (χ0n) is 13.0. The fraction of sp³-hybridized carbons (Fsp3) is 0.588. The summed E-state index contributed by atoms with van der Waals surface area (Å²) in [5, 5.41) is 3.72. The molecule has 120 valence electrons. The van der Waals surface area contributed by atoms with E-state index in [-0.39, 0.29) is 11.4 Å². The largest absolute Gasteiger partial charge is 0.363 e. The Morgan fingerprint density at radius 3 is 2.82 bits per heavy atom. The SMILES string of the molecule is CC1(C)CN(c2cc(Br)c(C=O)cc2F)[C@H]2CCCC[C@H]2N1. The summed E-state index contributed by atoms with van der Waals surface area (Å²) in [5.41, 5.74) is 0.903. The van der Waals surface area contributed by atoms with E-state index in [1.807, 2.05) is 0 Å². The van der Waals surface area contributed by atoms with Crippen LogP contribution in [0.25, 0.3) is 0 Å². The molecule has 0 unspecified atom stereocenters. The molecule has 5 heteroatoms. The number of hydrogen-bond donors (Lipinski definition) is 1. The fourth-order valence-electron chi connectivity index (χ4n) is 3.87. The van der Waals surface area contributed by atoms with Crippen LogP contribution in [-0.4, -0.2) is 30.5 Å². The average Bonchev–Trinajstić information content (AvgIpc) is 2.47. The minimum absolute atomic E-state index is 0.0548. The van der Waals surface area contributed by atoms with Gasteiger partial charge in [0.2, 0.25) is 0 Å². The second-order valence-electron chi connectivity index (χ2n) is 7.06. The number of fused-ring (bicyclic) bond motifs is 1. The number of carbonyl (C=O) groups is 1. The first-order valence-electron chi connectivity index (χ1n) is 7.90. The number of nitrogens with one attached hydrogen (secondary N) is 1. The molecule has 3 rings (SSSR count). The van der Waals surface area contributed by atoms with Crippen molar-refractivity contribution in [1.29, 1.82) is 0 Å².